The molecule has 0 atom stereocenters. The van der Waals surface area contributed by atoms with Gasteiger partial charge in [0, 0.05) is 24.8 Å². The first-order valence-corrected chi connectivity index (χ1v) is 10.6. The van der Waals surface area contributed by atoms with E-state index in [-0.39, 0.29) is 35.9 Å². The number of nitrogens with zero attached hydrogens (tertiary/aromatic N) is 3. The number of nitrogens with one attached hydrogen (secondary N) is 4. The molecule has 178 valence electrons. The Balaban J connectivity index is 1.61. The number of aromatic nitrogens is 3. The molecule has 5 N–H and O–H groups in total. The molecule has 0 aliphatic heterocycles. The van der Waals surface area contributed by atoms with Gasteiger partial charge in [-0.25, -0.2) is 23.5 Å². The van der Waals surface area contributed by atoms with E-state index < -0.39 is 29.5 Å². The topological polar surface area (TPSA) is 158 Å². The molecule has 0 aliphatic rings. The van der Waals surface area contributed by atoms with E-state index in [1.54, 1.807) is 6.92 Å². The zero-order valence-electron chi connectivity index (χ0n) is 17.7. The Bertz CT molecular complexity index is 1200. The van der Waals surface area contributed by atoms with Gasteiger partial charge in [0.25, 0.3) is 11.8 Å². The molecular weight excluding hydrogens is 472 g/mol. The molecule has 0 aliphatic carbocycles. The summed E-state index contributed by atoms with van der Waals surface area (Å²) in [6.07, 6.45) is 1.81. The number of anilines is 3. The van der Waals surface area contributed by atoms with Crippen LogP contribution < -0.4 is 21.3 Å². The Morgan fingerprint density at radius 3 is 2.47 bits per heavy atom. The summed E-state index contributed by atoms with van der Waals surface area (Å²) in [5, 5.41) is 19.0. The van der Waals surface area contributed by atoms with Crippen molar-refractivity contribution in [1.82, 2.24) is 25.0 Å². The maximum Gasteiger partial charge on any atom is 0.404 e. The minimum absolute atomic E-state index is 0.0496. The van der Waals surface area contributed by atoms with Crippen molar-refractivity contribution in [3.63, 3.8) is 0 Å². The Morgan fingerprint density at radius 1 is 1.03 bits per heavy atom. The minimum Gasteiger partial charge on any atom is -0.465 e. The SMILES string of the molecule is Cc1nsc(Nc2cnc(C(=O)NCCCNC(=O)O)cn2)c1C(=O)Nc1ccc(F)c(F)c1. The molecule has 14 heteroatoms. The van der Waals surface area contributed by atoms with Crippen LogP contribution in [0.15, 0.2) is 30.6 Å². The lowest BCUT2D eigenvalue weighted by Crippen LogP contribution is -2.29. The van der Waals surface area contributed by atoms with Crippen LogP contribution in [0.3, 0.4) is 0 Å². The lowest BCUT2D eigenvalue weighted by Gasteiger charge is -2.09. The van der Waals surface area contributed by atoms with E-state index >= 15 is 0 Å². The number of benzene rings is 1. The van der Waals surface area contributed by atoms with Crippen molar-refractivity contribution < 1.29 is 28.3 Å². The summed E-state index contributed by atoms with van der Waals surface area (Å²) < 4.78 is 30.7. The lowest BCUT2D eigenvalue weighted by atomic mass is 10.2. The van der Waals surface area contributed by atoms with Crippen LogP contribution in [-0.2, 0) is 0 Å². The van der Waals surface area contributed by atoms with Crippen LogP contribution >= 0.6 is 11.5 Å². The van der Waals surface area contributed by atoms with E-state index in [0.29, 0.717) is 17.1 Å². The van der Waals surface area contributed by atoms with Gasteiger partial charge in [0.05, 0.1) is 23.7 Å². The van der Waals surface area contributed by atoms with Crippen LogP contribution in [0.5, 0.6) is 0 Å². The van der Waals surface area contributed by atoms with Gasteiger partial charge in [0.15, 0.2) is 11.6 Å². The van der Waals surface area contributed by atoms with Crippen molar-refractivity contribution in [2.75, 3.05) is 23.7 Å². The predicted molar refractivity (Wildman–Crippen MR) is 119 cm³/mol. The summed E-state index contributed by atoms with van der Waals surface area (Å²) in [5.74, 6) is -2.93. The fourth-order valence-corrected chi connectivity index (χ4v) is 3.49. The van der Waals surface area contributed by atoms with Gasteiger partial charge in [-0.05, 0) is 37.0 Å². The zero-order chi connectivity index (χ0) is 24.7. The fraction of sp³-hybridized carbons (Fsp3) is 0.200. The monoisotopic (exact) mass is 491 g/mol. The Kier molecular flexibility index (Phi) is 7.97. The number of carboxylic acid groups (broad SMARTS) is 1. The molecule has 0 fully saturated rings. The van der Waals surface area contributed by atoms with Gasteiger partial charge >= 0.3 is 6.09 Å². The maximum absolute atomic E-state index is 13.4. The molecule has 3 amide bonds. The number of carbonyl (C=O) groups excluding carboxylic acids is 2. The molecular formula is C20H19F2N7O4S. The molecule has 0 radical (unpaired) electrons. The number of carbonyl (C=O) groups is 3. The molecule has 3 rings (SSSR count). The van der Waals surface area contributed by atoms with Crippen molar-refractivity contribution in [2.24, 2.45) is 0 Å². The summed E-state index contributed by atoms with van der Waals surface area (Å²) in [4.78, 5) is 43.3. The summed E-state index contributed by atoms with van der Waals surface area (Å²) in [6.45, 7) is 2.06. The van der Waals surface area contributed by atoms with Gasteiger partial charge in [-0.2, -0.15) is 4.37 Å². The third-order valence-corrected chi connectivity index (χ3v) is 5.16. The zero-order valence-corrected chi connectivity index (χ0v) is 18.5. The van der Waals surface area contributed by atoms with Crippen molar-refractivity contribution in [3.05, 3.63) is 59.2 Å². The fourth-order valence-electron chi connectivity index (χ4n) is 2.69. The van der Waals surface area contributed by atoms with Crippen LogP contribution in [0.4, 0.5) is 30.1 Å². The third-order valence-electron chi connectivity index (χ3n) is 4.31. The number of rotatable bonds is 9. The molecule has 2 heterocycles. The van der Waals surface area contributed by atoms with E-state index in [0.717, 1.165) is 23.7 Å². The van der Waals surface area contributed by atoms with Crippen molar-refractivity contribution in [2.45, 2.75) is 13.3 Å². The summed E-state index contributed by atoms with van der Waals surface area (Å²) in [6, 6.07) is 3.01. The van der Waals surface area contributed by atoms with Gasteiger partial charge in [-0.3, -0.25) is 9.59 Å². The van der Waals surface area contributed by atoms with E-state index in [1.807, 2.05) is 0 Å². The molecule has 3 aromatic rings. The second kappa shape index (κ2) is 11.1. The first-order chi connectivity index (χ1) is 16.2. The van der Waals surface area contributed by atoms with E-state index in [1.165, 1.54) is 18.5 Å². The maximum atomic E-state index is 13.4. The quantitative estimate of drug-likeness (QED) is 0.286. The van der Waals surface area contributed by atoms with Crippen LogP contribution in [0.2, 0.25) is 0 Å². The van der Waals surface area contributed by atoms with Gasteiger partial charge in [0.1, 0.15) is 16.5 Å². The first kappa shape index (κ1) is 24.4. The predicted octanol–water partition coefficient (Wildman–Crippen LogP) is 2.90. The number of halogens is 2. The minimum atomic E-state index is -1.14. The molecule has 0 bridgehead atoms. The van der Waals surface area contributed by atoms with Gasteiger partial charge < -0.3 is 26.4 Å². The molecule has 0 saturated heterocycles. The largest absolute Gasteiger partial charge is 0.465 e. The second-order valence-electron chi connectivity index (χ2n) is 6.81. The molecule has 34 heavy (non-hydrogen) atoms. The van der Waals surface area contributed by atoms with Crippen LogP contribution in [0.1, 0.15) is 33.0 Å². The molecule has 0 spiro atoms. The molecule has 1 aromatic carbocycles. The second-order valence-corrected chi connectivity index (χ2v) is 7.58. The van der Waals surface area contributed by atoms with Crippen molar-refractivity contribution in [3.8, 4) is 0 Å². The average Bonchev–Trinajstić information content (AvgIpc) is 3.16. The highest BCUT2D eigenvalue weighted by Crippen LogP contribution is 2.28. The highest BCUT2D eigenvalue weighted by atomic mass is 32.1. The summed E-state index contributed by atoms with van der Waals surface area (Å²) >= 11 is 0.993. The number of hydrogen-bond acceptors (Lipinski definition) is 8. The van der Waals surface area contributed by atoms with Crippen LogP contribution in [-0.4, -0.2) is 50.4 Å². The van der Waals surface area contributed by atoms with E-state index in [2.05, 4.69) is 35.6 Å². The smallest absolute Gasteiger partial charge is 0.404 e. The van der Waals surface area contributed by atoms with Gasteiger partial charge in [-0.1, -0.05) is 0 Å². The first-order valence-electron chi connectivity index (χ1n) is 9.81. The number of amides is 3. The highest BCUT2D eigenvalue weighted by molar-refractivity contribution is 7.10. The Morgan fingerprint density at radius 2 is 1.79 bits per heavy atom. The van der Waals surface area contributed by atoms with Crippen LogP contribution in [0.25, 0.3) is 0 Å². The molecule has 11 nitrogen and oxygen atoms in total. The van der Waals surface area contributed by atoms with E-state index in [9.17, 15) is 23.2 Å². The van der Waals surface area contributed by atoms with Crippen LogP contribution in [0, 0.1) is 18.6 Å². The Hall–Kier alpha value is -4.20. The molecule has 0 unspecified atom stereocenters. The highest BCUT2D eigenvalue weighted by Gasteiger charge is 2.20. The third kappa shape index (κ3) is 6.41. The standard InChI is InChI=1S/C20H19F2N7O4S/c1-10-16(18(31)27-11-3-4-12(21)13(22)7-11)19(34-29-10)28-15-9-25-14(8-26-15)17(30)23-5-2-6-24-20(32)33/h3-4,7-9,24H,2,5-6H2,1H3,(H,23,30)(H,26,28)(H,27,31)(H,32,33). The van der Waals surface area contributed by atoms with Gasteiger partial charge in [0.2, 0.25) is 0 Å². The summed E-state index contributed by atoms with van der Waals surface area (Å²) in [5.41, 5.74) is 0.727. The number of hydrogen-bond donors (Lipinski definition) is 5. The lowest BCUT2D eigenvalue weighted by molar-refractivity contribution is 0.0947. The van der Waals surface area contributed by atoms with Gasteiger partial charge in [-0.15, -0.1) is 0 Å². The molecule has 0 saturated carbocycles. The Labute approximate surface area is 195 Å². The van der Waals surface area contributed by atoms with Crippen molar-refractivity contribution in [1.29, 1.82) is 0 Å². The number of aryl methyl sites for hydroxylation is 1. The average molecular weight is 491 g/mol. The summed E-state index contributed by atoms with van der Waals surface area (Å²) in [7, 11) is 0. The van der Waals surface area contributed by atoms with Crippen molar-refractivity contribution >= 4 is 45.9 Å². The molecule has 2 aromatic heterocycles. The normalized spacial score (nSPS) is 10.4. The van der Waals surface area contributed by atoms with E-state index in [4.69, 9.17) is 5.11 Å².